The van der Waals surface area contributed by atoms with Crippen molar-refractivity contribution in [3.05, 3.63) is 101 Å². The number of hydrogen-bond donors (Lipinski definition) is 1. The summed E-state index contributed by atoms with van der Waals surface area (Å²) in [6.07, 6.45) is 0.845. The maximum absolute atomic E-state index is 13.1. The molecule has 4 rings (SSSR count). The van der Waals surface area contributed by atoms with Crippen LogP contribution in [0.25, 0.3) is 0 Å². The van der Waals surface area contributed by atoms with Crippen LogP contribution in [0.1, 0.15) is 34.2 Å². The Balaban J connectivity index is 1.69. The van der Waals surface area contributed by atoms with Gasteiger partial charge in [-0.2, -0.15) is 0 Å². The normalized spacial score (nSPS) is 17.4. The number of carbonyl (C=O) groups is 1. The minimum atomic E-state index is -0.229. The minimum absolute atomic E-state index is 0.0533. The lowest BCUT2D eigenvalue weighted by Crippen LogP contribution is -2.22. The van der Waals surface area contributed by atoms with Crippen LogP contribution in [0.4, 0.5) is 5.69 Å². The van der Waals surface area contributed by atoms with Crippen molar-refractivity contribution in [2.24, 2.45) is 5.92 Å². The van der Waals surface area contributed by atoms with Crippen molar-refractivity contribution in [2.45, 2.75) is 32.6 Å². The van der Waals surface area contributed by atoms with Crippen LogP contribution in [-0.2, 0) is 10.2 Å². The molecule has 136 valence electrons. The van der Waals surface area contributed by atoms with Gasteiger partial charge in [-0.25, -0.2) is 0 Å². The van der Waals surface area contributed by atoms with Crippen LogP contribution >= 0.6 is 0 Å². The molecule has 1 fully saturated rings. The van der Waals surface area contributed by atoms with E-state index >= 15 is 0 Å². The molecular formula is C25H25NO. The monoisotopic (exact) mass is 355 g/mol. The van der Waals surface area contributed by atoms with Gasteiger partial charge in [0.1, 0.15) is 0 Å². The predicted molar refractivity (Wildman–Crippen MR) is 111 cm³/mol. The van der Waals surface area contributed by atoms with Gasteiger partial charge in [0.15, 0.2) is 0 Å². The Labute approximate surface area is 161 Å². The molecule has 1 amide bonds. The summed E-state index contributed by atoms with van der Waals surface area (Å²) < 4.78 is 0. The highest BCUT2D eigenvalue weighted by atomic mass is 16.2. The summed E-state index contributed by atoms with van der Waals surface area (Å²) in [7, 11) is 0. The van der Waals surface area contributed by atoms with Crippen LogP contribution in [0.15, 0.2) is 72.8 Å². The molecule has 0 saturated heterocycles. The Kier molecular flexibility index (Phi) is 4.35. The van der Waals surface area contributed by atoms with E-state index < -0.39 is 0 Å². The summed E-state index contributed by atoms with van der Waals surface area (Å²) in [4.78, 5) is 13.1. The van der Waals surface area contributed by atoms with Gasteiger partial charge in [0.2, 0.25) is 5.91 Å². The van der Waals surface area contributed by atoms with E-state index in [0.717, 1.165) is 12.1 Å². The highest BCUT2D eigenvalue weighted by molar-refractivity contribution is 5.97. The van der Waals surface area contributed by atoms with Gasteiger partial charge in [0.05, 0.1) is 5.92 Å². The molecule has 2 nitrogen and oxygen atoms in total. The van der Waals surface area contributed by atoms with E-state index in [-0.39, 0.29) is 17.2 Å². The number of carbonyl (C=O) groups excluding carboxylic acids is 1. The number of amides is 1. The smallest absolute Gasteiger partial charge is 0.228 e. The van der Waals surface area contributed by atoms with Gasteiger partial charge in [-0.15, -0.1) is 0 Å². The van der Waals surface area contributed by atoms with E-state index in [0.29, 0.717) is 0 Å². The molecule has 1 aliphatic rings. The number of hydrogen-bond acceptors (Lipinski definition) is 1. The van der Waals surface area contributed by atoms with Crippen molar-refractivity contribution in [3.63, 3.8) is 0 Å². The van der Waals surface area contributed by atoms with Crippen molar-refractivity contribution in [3.8, 4) is 0 Å². The molecule has 3 aromatic carbocycles. The second-order valence-electron chi connectivity index (χ2n) is 7.82. The first kappa shape index (κ1) is 17.5. The Bertz CT molecular complexity index is 942. The molecule has 0 bridgehead atoms. The van der Waals surface area contributed by atoms with Crippen LogP contribution in [0.2, 0.25) is 0 Å². The van der Waals surface area contributed by atoms with Gasteiger partial charge in [-0.05, 0) is 50.5 Å². The lowest BCUT2D eigenvalue weighted by atomic mass is 9.84. The number of benzene rings is 3. The Hall–Kier alpha value is -2.87. The van der Waals surface area contributed by atoms with Gasteiger partial charge >= 0.3 is 0 Å². The van der Waals surface area contributed by atoms with Crippen LogP contribution in [0.3, 0.4) is 0 Å². The molecule has 0 heterocycles. The number of nitrogens with one attached hydrogen (secondary N) is 1. The quantitative estimate of drug-likeness (QED) is 0.652. The molecule has 0 spiro atoms. The first-order chi connectivity index (χ1) is 13.0. The molecule has 0 unspecified atom stereocenters. The van der Waals surface area contributed by atoms with Gasteiger partial charge in [-0.1, -0.05) is 77.4 Å². The molecule has 0 aromatic heterocycles. The van der Waals surface area contributed by atoms with E-state index in [9.17, 15) is 4.79 Å². The number of anilines is 1. The van der Waals surface area contributed by atoms with Gasteiger partial charge in [0.25, 0.3) is 0 Å². The van der Waals surface area contributed by atoms with E-state index in [1.165, 1.54) is 27.8 Å². The van der Waals surface area contributed by atoms with Crippen molar-refractivity contribution >= 4 is 11.6 Å². The standard InChI is InChI=1S/C25H25NO/c1-17-10-12-22(13-11-17)26-24(27)23-16-25(23,20-8-4-6-18(2)14-20)21-9-5-7-19(3)15-21/h4-15,23H,16H2,1-3H3,(H,26,27)/t23-/m1/s1. The highest BCUT2D eigenvalue weighted by Gasteiger charge is 2.60. The minimum Gasteiger partial charge on any atom is -0.326 e. The summed E-state index contributed by atoms with van der Waals surface area (Å²) in [6.45, 7) is 6.27. The highest BCUT2D eigenvalue weighted by Crippen LogP contribution is 2.59. The molecular weight excluding hydrogens is 330 g/mol. The summed E-state index contributed by atoms with van der Waals surface area (Å²) in [6, 6.07) is 25.2. The third-order valence-corrected chi connectivity index (χ3v) is 5.66. The summed E-state index contributed by atoms with van der Waals surface area (Å²) in [5.74, 6) is 0.0456. The fourth-order valence-corrected chi connectivity index (χ4v) is 4.10. The molecule has 27 heavy (non-hydrogen) atoms. The zero-order chi connectivity index (χ0) is 19.0. The maximum Gasteiger partial charge on any atom is 0.228 e. The molecule has 0 radical (unpaired) electrons. The number of aryl methyl sites for hydroxylation is 3. The van der Waals surface area contributed by atoms with E-state index in [2.05, 4.69) is 67.7 Å². The Morgan fingerprint density at radius 1 is 0.815 bits per heavy atom. The second kappa shape index (κ2) is 6.70. The van der Waals surface area contributed by atoms with Crippen LogP contribution in [-0.4, -0.2) is 5.91 Å². The molecule has 0 aliphatic heterocycles. The van der Waals surface area contributed by atoms with E-state index in [1.54, 1.807) is 0 Å². The third kappa shape index (κ3) is 3.28. The molecule has 2 heteroatoms. The summed E-state index contributed by atoms with van der Waals surface area (Å²) >= 11 is 0. The molecule has 1 saturated carbocycles. The zero-order valence-electron chi connectivity index (χ0n) is 16.1. The van der Waals surface area contributed by atoms with Crippen molar-refractivity contribution in [2.75, 3.05) is 5.32 Å². The average molecular weight is 355 g/mol. The van der Waals surface area contributed by atoms with Crippen molar-refractivity contribution in [1.82, 2.24) is 0 Å². The van der Waals surface area contributed by atoms with E-state index in [1.807, 2.05) is 31.2 Å². The van der Waals surface area contributed by atoms with Crippen LogP contribution in [0.5, 0.6) is 0 Å². The number of rotatable bonds is 4. The average Bonchev–Trinajstić information content (AvgIpc) is 3.41. The second-order valence-corrected chi connectivity index (χ2v) is 7.82. The third-order valence-electron chi connectivity index (χ3n) is 5.66. The SMILES string of the molecule is Cc1ccc(NC(=O)[C@H]2CC2(c2cccc(C)c2)c2cccc(C)c2)cc1. The van der Waals surface area contributed by atoms with Gasteiger partial charge in [0, 0.05) is 11.1 Å². The zero-order valence-corrected chi connectivity index (χ0v) is 16.1. The molecule has 3 aromatic rings. The summed E-state index contributed by atoms with van der Waals surface area (Å²) in [5.41, 5.74) is 6.74. The van der Waals surface area contributed by atoms with Crippen LogP contribution < -0.4 is 5.32 Å². The van der Waals surface area contributed by atoms with Gasteiger partial charge < -0.3 is 5.32 Å². The first-order valence-corrected chi connectivity index (χ1v) is 9.51. The fourth-order valence-electron chi connectivity index (χ4n) is 4.10. The van der Waals surface area contributed by atoms with Crippen molar-refractivity contribution < 1.29 is 4.79 Å². The van der Waals surface area contributed by atoms with E-state index in [4.69, 9.17) is 0 Å². The predicted octanol–water partition coefficient (Wildman–Crippen LogP) is 5.56. The molecule has 1 N–H and O–H groups in total. The topological polar surface area (TPSA) is 29.1 Å². The molecule has 1 aliphatic carbocycles. The fraction of sp³-hybridized carbons (Fsp3) is 0.240. The Morgan fingerprint density at radius 2 is 1.37 bits per heavy atom. The van der Waals surface area contributed by atoms with Crippen molar-refractivity contribution in [1.29, 1.82) is 0 Å². The lowest BCUT2D eigenvalue weighted by molar-refractivity contribution is -0.117. The largest absolute Gasteiger partial charge is 0.326 e. The molecule has 1 atom stereocenters. The van der Waals surface area contributed by atoms with Gasteiger partial charge in [-0.3, -0.25) is 4.79 Å². The Morgan fingerprint density at radius 3 is 1.89 bits per heavy atom. The first-order valence-electron chi connectivity index (χ1n) is 9.51. The summed E-state index contributed by atoms with van der Waals surface area (Å²) in [5, 5.41) is 3.12. The lowest BCUT2D eigenvalue weighted by Gasteiger charge is -2.20. The maximum atomic E-state index is 13.1. The van der Waals surface area contributed by atoms with Crippen LogP contribution in [0, 0.1) is 26.7 Å².